The van der Waals surface area contributed by atoms with Crippen LogP contribution in [-0.2, 0) is 23.2 Å². The molecule has 9 heteroatoms. The molecule has 2 atom stereocenters. The van der Waals surface area contributed by atoms with E-state index in [4.69, 9.17) is 9.52 Å². The average molecular weight is 388 g/mol. The van der Waals surface area contributed by atoms with E-state index in [-0.39, 0.29) is 23.9 Å². The fraction of sp³-hybridized carbons (Fsp3) is 0.474. The zero-order chi connectivity index (χ0) is 20.6. The molecule has 2 unspecified atom stereocenters. The molecule has 9 nitrogen and oxygen atoms in total. The van der Waals surface area contributed by atoms with E-state index in [0.29, 0.717) is 24.4 Å². The minimum absolute atomic E-state index is 0.00619. The summed E-state index contributed by atoms with van der Waals surface area (Å²) in [5.74, 6) is -0.895. The summed E-state index contributed by atoms with van der Waals surface area (Å²) in [6.45, 7) is 1.73. The highest BCUT2D eigenvalue weighted by atomic mass is 16.4. The van der Waals surface area contributed by atoms with Crippen LogP contribution >= 0.6 is 0 Å². The number of aromatic nitrogens is 2. The van der Waals surface area contributed by atoms with Crippen molar-refractivity contribution in [3.8, 4) is 0 Å². The second-order valence-corrected chi connectivity index (χ2v) is 7.22. The number of rotatable bonds is 5. The molecule has 0 bridgehead atoms. The van der Waals surface area contributed by atoms with Crippen LogP contribution in [0.15, 0.2) is 22.9 Å². The molecule has 0 aromatic carbocycles. The quantitative estimate of drug-likeness (QED) is 0.833. The van der Waals surface area contributed by atoms with Crippen molar-refractivity contribution in [2.75, 3.05) is 14.1 Å². The van der Waals surface area contributed by atoms with Crippen LogP contribution in [0.25, 0.3) is 0 Å². The third kappa shape index (κ3) is 3.64. The van der Waals surface area contributed by atoms with E-state index in [0.717, 1.165) is 5.56 Å². The van der Waals surface area contributed by atoms with Gasteiger partial charge in [-0.1, -0.05) is 0 Å². The normalized spacial score (nSPS) is 19.7. The Bertz CT molecular complexity index is 915. The van der Waals surface area contributed by atoms with Crippen LogP contribution in [0.1, 0.15) is 46.3 Å². The second-order valence-electron chi connectivity index (χ2n) is 7.22. The molecule has 0 aliphatic carbocycles. The Morgan fingerprint density at radius 1 is 1.39 bits per heavy atom. The lowest BCUT2D eigenvalue weighted by Crippen LogP contribution is -2.46. The molecule has 0 spiro atoms. The van der Waals surface area contributed by atoms with Gasteiger partial charge in [0, 0.05) is 39.3 Å². The molecule has 1 aliphatic heterocycles. The SMILES string of the molecule is Cc1oc(CN(C)C(=O)C2CCC(=O)N(C)C2c2cnn(C)c2)cc1C(=O)O. The topological polar surface area (TPSA) is 109 Å². The molecule has 2 aromatic rings. The molecule has 28 heavy (non-hydrogen) atoms. The molecule has 1 saturated heterocycles. The van der Waals surface area contributed by atoms with Gasteiger partial charge in [-0.05, 0) is 19.4 Å². The maximum Gasteiger partial charge on any atom is 0.339 e. The van der Waals surface area contributed by atoms with Gasteiger partial charge in [0.15, 0.2) is 0 Å². The smallest absolute Gasteiger partial charge is 0.339 e. The molecular formula is C19H24N4O5. The molecule has 3 rings (SSSR count). The van der Waals surface area contributed by atoms with Gasteiger partial charge in [0.25, 0.3) is 0 Å². The van der Waals surface area contributed by atoms with Gasteiger partial charge >= 0.3 is 5.97 Å². The largest absolute Gasteiger partial charge is 0.478 e. The number of carboxylic acid groups (broad SMARTS) is 1. The monoisotopic (exact) mass is 388 g/mol. The highest BCUT2D eigenvalue weighted by Gasteiger charge is 2.40. The highest BCUT2D eigenvalue weighted by Crippen LogP contribution is 2.36. The predicted molar refractivity (Wildman–Crippen MR) is 98.3 cm³/mol. The summed E-state index contributed by atoms with van der Waals surface area (Å²) in [4.78, 5) is 39.7. The van der Waals surface area contributed by atoms with Crippen molar-refractivity contribution in [3.63, 3.8) is 0 Å². The van der Waals surface area contributed by atoms with Gasteiger partial charge in [0.2, 0.25) is 11.8 Å². The van der Waals surface area contributed by atoms with E-state index in [9.17, 15) is 14.4 Å². The van der Waals surface area contributed by atoms with Crippen LogP contribution < -0.4 is 0 Å². The number of likely N-dealkylation sites (tertiary alicyclic amines) is 1. The Morgan fingerprint density at radius 3 is 2.68 bits per heavy atom. The van der Waals surface area contributed by atoms with Crippen molar-refractivity contribution in [1.29, 1.82) is 0 Å². The number of piperidine rings is 1. The van der Waals surface area contributed by atoms with Crippen molar-refractivity contribution in [3.05, 3.63) is 41.1 Å². The lowest BCUT2D eigenvalue weighted by Gasteiger charge is -2.39. The van der Waals surface area contributed by atoms with Crippen LogP contribution in [-0.4, -0.2) is 56.6 Å². The Kier molecular flexibility index (Phi) is 5.26. The first-order chi connectivity index (χ1) is 13.2. The molecule has 0 radical (unpaired) electrons. The third-order valence-electron chi connectivity index (χ3n) is 5.21. The van der Waals surface area contributed by atoms with E-state index in [2.05, 4.69) is 5.10 Å². The number of carboxylic acids is 1. The fourth-order valence-electron chi connectivity index (χ4n) is 3.77. The Hall–Kier alpha value is -3.10. The molecule has 3 heterocycles. The lowest BCUT2D eigenvalue weighted by atomic mass is 9.84. The van der Waals surface area contributed by atoms with Gasteiger partial charge in [0.1, 0.15) is 17.1 Å². The summed E-state index contributed by atoms with van der Waals surface area (Å²) in [6, 6.07) is 1.05. The first-order valence-electron chi connectivity index (χ1n) is 9.00. The number of carbonyl (C=O) groups excluding carboxylic acids is 2. The number of furan rings is 1. The second kappa shape index (κ2) is 7.49. The zero-order valence-corrected chi connectivity index (χ0v) is 16.4. The molecule has 2 amide bonds. The minimum atomic E-state index is -1.06. The van der Waals surface area contributed by atoms with Crippen LogP contribution in [0.4, 0.5) is 0 Å². The van der Waals surface area contributed by atoms with Crippen molar-refractivity contribution in [2.24, 2.45) is 13.0 Å². The minimum Gasteiger partial charge on any atom is -0.478 e. The Balaban J connectivity index is 1.81. The lowest BCUT2D eigenvalue weighted by molar-refractivity contribution is -0.146. The Labute approximate surface area is 162 Å². The highest BCUT2D eigenvalue weighted by molar-refractivity contribution is 5.89. The van der Waals surface area contributed by atoms with Crippen LogP contribution in [0.5, 0.6) is 0 Å². The van der Waals surface area contributed by atoms with Gasteiger partial charge in [-0.2, -0.15) is 5.10 Å². The van der Waals surface area contributed by atoms with Crippen molar-refractivity contribution < 1.29 is 23.9 Å². The fourth-order valence-corrected chi connectivity index (χ4v) is 3.77. The summed E-state index contributed by atoms with van der Waals surface area (Å²) < 4.78 is 7.13. The molecule has 2 aromatic heterocycles. The maximum absolute atomic E-state index is 13.2. The number of aryl methyl sites for hydroxylation is 2. The summed E-state index contributed by atoms with van der Waals surface area (Å²) in [5, 5.41) is 13.3. The van der Waals surface area contributed by atoms with E-state index in [1.54, 1.807) is 43.8 Å². The third-order valence-corrected chi connectivity index (χ3v) is 5.21. The average Bonchev–Trinajstić information content (AvgIpc) is 3.22. The molecular weight excluding hydrogens is 364 g/mol. The van der Waals surface area contributed by atoms with E-state index >= 15 is 0 Å². The van der Waals surface area contributed by atoms with Gasteiger partial charge in [-0.3, -0.25) is 14.3 Å². The summed E-state index contributed by atoms with van der Waals surface area (Å²) in [5.41, 5.74) is 0.902. The summed E-state index contributed by atoms with van der Waals surface area (Å²) in [6.07, 6.45) is 4.24. The number of nitrogens with zero attached hydrogens (tertiary/aromatic N) is 4. The first-order valence-corrected chi connectivity index (χ1v) is 9.00. The first kappa shape index (κ1) is 19.7. The van der Waals surface area contributed by atoms with Gasteiger partial charge in [-0.25, -0.2) is 4.79 Å². The van der Waals surface area contributed by atoms with E-state index in [1.165, 1.54) is 11.0 Å². The van der Waals surface area contributed by atoms with E-state index < -0.39 is 17.9 Å². The number of hydrogen-bond donors (Lipinski definition) is 1. The molecule has 1 fully saturated rings. The number of aromatic carboxylic acids is 1. The predicted octanol–water partition coefficient (Wildman–Crippen LogP) is 1.59. The van der Waals surface area contributed by atoms with Crippen LogP contribution in [0.3, 0.4) is 0 Å². The Morgan fingerprint density at radius 2 is 2.11 bits per heavy atom. The molecule has 1 N–H and O–H groups in total. The standard InChI is InChI=1S/C19H24N4O5/c1-11-15(19(26)27)7-13(28-11)10-21(2)18(25)14-5-6-16(24)23(4)17(14)12-8-20-22(3)9-12/h7-9,14,17H,5-6,10H2,1-4H3,(H,26,27). The molecule has 1 aliphatic rings. The van der Waals surface area contributed by atoms with E-state index in [1.807, 2.05) is 6.20 Å². The summed E-state index contributed by atoms with van der Waals surface area (Å²) in [7, 11) is 5.14. The van der Waals surface area contributed by atoms with Crippen molar-refractivity contribution in [1.82, 2.24) is 19.6 Å². The van der Waals surface area contributed by atoms with Crippen LogP contribution in [0, 0.1) is 12.8 Å². The maximum atomic E-state index is 13.2. The van der Waals surface area contributed by atoms with Gasteiger partial charge < -0.3 is 19.3 Å². The van der Waals surface area contributed by atoms with Gasteiger partial charge in [-0.15, -0.1) is 0 Å². The number of amides is 2. The molecule has 0 saturated carbocycles. The van der Waals surface area contributed by atoms with Gasteiger partial charge in [0.05, 0.1) is 24.7 Å². The number of carbonyl (C=O) groups is 3. The van der Waals surface area contributed by atoms with Crippen LogP contribution in [0.2, 0.25) is 0 Å². The zero-order valence-electron chi connectivity index (χ0n) is 16.4. The van der Waals surface area contributed by atoms with Crippen molar-refractivity contribution in [2.45, 2.75) is 32.4 Å². The number of hydrogen-bond acceptors (Lipinski definition) is 5. The van der Waals surface area contributed by atoms with Crippen molar-refractivity contribution >= 4 is 17.8 Å². The molecule has 150 valence electrons. The summed E-state index contributed by atoms with van der Waals surface area (Å²) >= 11 is 0.